The van der Waals surface area contributed by atoms with E-state index >= 15 is 0 Å². The van der Waals surface area contributed by atoms with Crippen LogP contribution in [0.2, 0.25) is 0 Å². The molecule has 1 fully saturated rings. The highest BCUT2D eigenvalue weighted by Gasteiger charge is 2.26. The number of hydrogen-bond acceptors (Lipinski definition) is 3. The highest BCUT2D eigenvalue weighted by Crippen LogP contribution is 2.17. The van der Waals surface area contributed by atoms with Gasteiger partial charge in [-0.25, -0.2) is 17.5 Å². The SMILES string of the molecule is Cc1cc(F)ccc1C(=O)N1CCCC(NS(C)(=O)=O)C1. The number of benzene rings is 1. The Morgan fingerprint density at radius 2 is 2.14 bits per heavy atom. The summed E-state index contributed by atoms with van der Waals surface area (Å²) >= 11 is 0. The molecular weight excluding hydrogens is 295 g/mol. The summed E-state index contributed by atoms with van der Waals surface area (Å²) in [5, 5.41) is 0. The molecule has 1 atom stereocenters. The zero-order chi connectivity index (χ0) is 15.6. The van der Waals surface area contributed by atoms with Crippen LogP contribution in [-0.2, 0) is 10.0 Å². The number of nitrogens with one attached hydrogen (secondary N) is 1. The lowest BCUT2D eigenvalue weighted by Gasteiger charge is -2.33. The van der Waals surface area contributed by atoms with Gasteiger partial charge in [0, 0.05) is 24.7 Å². The normalized spacial score (nSPS) is 19.6. The molecule has 0 spiro atoms. The Kier molecular flexibility index (Phi) is 4.63. The lowest BCUT2D eigenvalue weighted by Crippen LogP contribution is -2.49. The molecule has 1 aromatic rings. The van der Waals surface area contributed by atoms with E-state index in [9.17, 15) is 17.6 Å². The van der Waals surface area contributed by atoms with E-state index in [1.165, 1.54) is 18.2 Å². The van der Waals surface area contributed by atoms with Crippen LogP contribution in [0.4, 0.5) is 4.39 Å². The Bertz CT molecular complexity index is 646. The number of sulfonamides is 1. The van der Waals surface area contributed by atoms with E-state index in [-0.39, 0.29) is 17.8 Å². The van der Waals surface area contributed by atoms with E-state index in [2.05, 4.69) is 4.72 Å². The number of rotatable bonds is 3. The van der Waals surface area contributed by atoms with Gasteiger partial charge in [-0.3, -0.25) is 4.79 Å². The summed E-state index contributed by atoms with van der Waals surface area (Å²) in [4.78, 5) is 14.1. The highest BCUT2D eigenvalue weighted by molar-refractivity contribution is 7.88. The molecule has 0 aliphatic carbocycles. The summed E-state index contributed by atoms with van der Waals surface area (Å²) in [7, 11) is -3.29. The summed E-state index contributed by atoms with van der Waals surface area (Å²) in [6.07, 6.45) is 2.55. The van der Waals surface area contributed by atoms with E-state index in [1.54, 1.807) is 11.8 Å². The molecule has 0 aromatic heterocycles. The monoisotopic (exact) mass is 314 g/mol. The Labute approximate surface area is 124 Å². The number of hydrogen-bond donors (Lipinski definition) is 1. The van der Waals surface area contributed by atoms with Gasteiger partial charge in [0.05, 0.1) is 6.26 Å². The zero-order valence-corrected chi connectivity index (χ0v) is 12.9. The van der Waals surface area contributed by atoms with Crippen LogP contribution in [0.25, 0.3) is 0 Å². The van der Waals surface area contributed by atoms with Crippen molar-refractivity contribution in [3.05, 3.63) is 35.1 Å². The maximum Gasteiger partial charge on any atom is 0.254 e. The summed E-state index contributed by atoms with van der Waals surface area (Å²) in [6.45, 7) is 2.60. The van der Waals surface area contributed by atoms with Gasteiger partial charge in [0.2, 0.25) is 10.0 Å². The Hall–Kier alpha value is -1.47. The third-order valence-electron chi connectivity index (χ3n) is 3.51. The van der Waals surface area contributed by atoms with Crippen molar-refractivity contribution in [3.8, 4) is 0 Å². The van der Waals surface area contributed by atoms with Crippen LogP contribution in [0.1, 0.15) is 28.8 Å². The van der Waals surface area contributed by atoms with Gasteiger partial charge >= 0.3 is 0 Å². The molecule has 1 aliphatic rings. The molecule has 1 unspecified atom stereocenters. The summed E-state index contributed by atoms with van der Waals surface area (Å²) < 4.78 is 38.2. The fourth-order valence-electron chi connectivity index (χ4n) is 2.60. The summed E-state index contributed by atoms with van der Waals surface area (Å²) in [6, 6.07) is 3.79. The lowest BCUT2D eigenvalue weighted by atomic mass is 10.0. The predicted molar refractivity (Wildman–Crippen MR) is 78.0 cm³/mol. The number of halogens is 1. The molecule has 1 aromatic carbocycles. The predicted octanol–water partition coefficient (Wildman–Crippen LogP) is 1.29. The third-order valence-corrected chi connectivity index (χ3v) is 4.27. The Balaban J connectivity index is 2.12. The number of carbonyl (C=O) groups is 1. The molecule has 1 saturated heterocycles. The van der Waals surface area contributed by atoms with Crippen molar-refractivity contribution in [1.29, 1.82) is 0 Å². The average Bonchev–Trinajstić information content (AvgIpc) is 2.36. The van der Waals surface area contributed by atoms with Crippen molar-refractivity contribution in [2.24, 2.45) is 0 Å². The van der Waals surface area contributed by atoms with Crippen molar-refractivity contribution in [1.82, 2.24) is 9.62 Å². The van der Waals surface area contributed by atoms with E-state index in [0.29, 0.717) is 30.6 Å². The summed E-state index contributed by atoms with van der Waals surface area (Å²) in [5.74, 6) is -0.563. The second-order valence-corrected chi connectivity index (χ2v) is 7.22. The highest BCUT2D eigenvalue weighted by atomic mass is 32.2. The first-order valence-electron chi connectivity index (χ1n) is 6.79. The molecular formula is C14H19FN2O3S. The first-order chi connectivity index (χ1) is 9.76. The molecule has 116 valence electrons. The maximum absolute atomic E-state index is 13.1. The summed E-state index contributed by atoms with van der Waals surface area (Å²) in [5.41, 5.74) is 1.04. The van der Waals surface area contributed by atoms with E-state index in [4.69, 9.17) is 0 Å². The molecule has 1 heterocycles. The molecule has 1 N–H and O–H groups in total. The zero-order valence-electron chi connectivity index (χ0n) is 12.1. The van der Waals surface area contributed by atoms with Crippen molar-refractivity contribution in [3.63, 3.8) is 0 Å². The maximum atomic E-state index is 13.1. The largest absolute Gasteiger partial charge is 0.337 e. The van der Waals surface area contributed by atoms with Gasteiger partial charge in [-0.15, -0.1) is 0 Å². The number of piperidine rings is 1. The van der Waals surface area contributed by atoms with Crippen molar-refractivity contribution in [2.45, 2.75) is 25.8 Å². The first-order valence-corrected chi connectivity index (χ1v) is 8.68. The van der Waals surface area contributed by atoms with Gasteiger partial charge in [-0.05, 0) is 43.5 Å². The first kappa shape index (κ1) is 15.9. The smallest absolute Gasteiger partial charge is 0.254 e. The second kappa shape index (κ2) is 6.11. The van der Waals surface area contributed by atoms with Crippen LogP contribution in [-0.4, -0.2) is 44.6 Å². The molecule has 1 amide bonds. The van der Waals surface area contributed by atoms with Gasteiger partial charge in [0.15, 0.2) is 0 Å². The Morgan fingerprint density at radius 1 is 1.43 bits per heavy atom. The standard InChI is InChI=1S/C14H19FN2O3S/c1-10-8-11(15)5-6-13(10)14(18)17-7-3-4-12(9-17)16-21(2,19)20/h5-6,8,12,16H,3-4,7,9H2,1-2H3. The Morgan fingerprint density at radius 3 is 2.76 bits per heavy atom. The van der Waals surface area contributed by atoms with Gasteiger partial charge in [-0.1, -0.05) is 0 Å². The minimum absolute atomic E-state index is 0.187. The second-order valence-electron chi connectivity index (χ2n) is 5.44. The van der Waals surface area contributed by atoms with Crippen molar-refractivity contribution >= 4 is 15.9 Å². The molecule has 0 saturated carbocycles. The van der Waals surface area contributed by atoms with Crippen LogP contribution in [0.3, 0.4) is 0 Å². The molecule has 1 aliphatic heterocycles. The van der Waals surface area contributed by atoms with Crippen LogP contribution in [0, 0.1) is 12.7 Å². The number of aryl methyl sites for hydroxylation is 1. The lowest BCUT2D eigenvalue weighted by molar-refractivity contribution is 0.0702. The molecule has 0 bridgehead atoms. The van der Waals surface area contributed by atoms with E-state index < -0.39 is 10.0 Å². The van der Waals surface area contributed by atoms with Gasteiger partial charge in [0.1, 0.15) is 5.82 Å². The third kappa shape index (κ3) is 4.25. The minimum Gasteiger partial charge on any atom is -0.337 e. The van der Waals surface area contributed by atoms with Crippen LogP contribution in [0.5, 0.6) is 0 Å². The fourth-order valence-corrected chi connectivity index (χ4v) is 3.40. The van der Waals surface area contributed by atoms with E-state index in [1.807, 2.05) is 0 Å². The molecule has 0 radical (unpaired) electrons. The van der Waals surface area contributed by atoms with Crippen LogP contribution in [0.15, 0.2) is 18.2 Å². The number of amides is 1. The van der Waals surface area contributed by atoms with Gasteiger partial charge < -0.3 is 4.90 Å². The van der Waals surface area contributed by atoms with Crippen molar-refractivity contribution < 1.29 is 17.6 Å². The van der Waals surface area contributed by atoms with E-state index in [0.717, 1.165) is 12.7 Å². The quantitative estimate of drug-likeness (QED) is 0.914. The molecule has 21 heavy (non-hydrogen) atoms. The topological polar surface area (TPSA) is 66.5 Å². The molecule has 2 rings (SSSR count). The van der Waals surface area contributed by atoms with Gasteiger partial charge in [-0.2, -0.15) is 0 Å². The van der Waals surface area contributed by atoms with Crippen LogP contribution >= 0.6 is 0 Å². The molecule has 7 heteroatoms. The van der Waals surface area contributed by atoms with Crippen LogP contribution < -0.4 is 4.72 Å². The number of carbonyl (C=O) groups excluding carboxylic acids is 1. The fraction of sp³-hybridized carbons (Fsp3) is 0.500. The average molecular weight is 314 g/mol. The minimum atomic E-state index is -3.29. The number of likely N-dealkylation sites (tertiary alicyclic amines) is 1. The number of nitrogens with zero attached hydrogens (tertiary/aromatic N) is 1. The van der Waals surface area contributed by atoms with Gasteiger partial charge in [0.25, 0.3) is 5.91 Å². The molecule has 5 nitrogen and oxygen atoms in total. The van der Waals surface area contributed by atoms with Crippen molar-refractivity contribution in [2.75, 3.05) is 19.3 Å².